The number of aromatic nitrogens is 3. The molecule has 0 spiro atoms. The fourth-order valence-corrected chi connectivity index (χ4v) is 2.37. The van der Waals surface area contributed by atoms with Crippen LogP contribution < -0.4 is 5.32 Å². The highest BCUT2D eigenvalue weighted by molar-refractivity contribution is 6.00. The van der Waals surface area contributed by atoms with Crippen molar-refractivity contribution in [3.05, 3.63) is 42.7 Å². The van der Waals surface area contributed by atoms with Crippen LogP contribution in [0.25, 0.3) is 22.0 Å². The minimum atomic E-state index is -0.327. The second-order valence-corrected chi connectivity index (χ2v) is 6.15. The quantitative estimate of drug-likeness (QED) is 0.750. The first kappa shape index (κ1) is 16.1. The molecule has 0 aliphatic carbocycles. The van der Waals surface area contributed by atoms with Crippen molar-refractivity contribution >= 4 is 16.6 Å². The molecule has 2 N–H and O–H groups in total. The van der Waals surface area contributed by atoms with Crippen LogP contribution in [0.3, 0.4) is 0 Å². The number of methoxy groups -OCH3 is 1. The zero-order valence-corrected chi connectivity index (χ0v) is 13.9. The molecule has 2 heterocycles. The lowest BCUT2D eigenvalue weighted by Gasteiger charge is -2.23. The van der Waals surface area contributed by atoms with Crippen LogP contribution in [0.15, 0.2) is 42.7 Å². The number of hydrogen-bond acceptors (Lipinski definition) is 6. The number of hydrogen-bond donors (Lipinski definition) is 2. The monoisotopic (exact) mass is 324 g/mol. The summed E-state index contributed by atoms with van der Waals surface area (Å²) in [5.41, 5.74) is 0.944. The predicted octanol–water partition coefficient (Wildman–Crippen LogP) is 3.23. The Balaban J connectivity index is 2.07. The fraction of sp³-hybridized carbons (Fsp3) is 0.278. The zero-order valence-electron chi connectivity index (χ0n) is 13.9. The first-order valence-corrected chi connectivity index (χ1v) is 7.69. The summed E-state index contributed by atoms with van der Waals surface area (Å²) in [6.07, 6.45) is 3.45. The Labute approximate surface area is 140 Å². The van der Waals surface area contributed by atoms with E-state index < -0.39 is 0 Å². The summed E-state index contributed by atoms with van der Waals surface area (Å²) in [5.74, 6) is 0.813. The van der Waals surface area contributed by atoms with Crippen molar-refractivity contribution in [2.75, 3.05) is 19.0 Å². The number of aromatic hydroxyl groups is 1. The van der Waals surface area contributed by atoms with E-state index in [4.69, 9.17) is 4.74 Å². The van der Waals surface area contributed by atoms with Crippen LogP contribution in [0, 0.1) is 0 Å². The molecule has 3 rings (SSSR count). The van der Waals surface area contributed by atoms with E-state index in [1.807, 2.05) is 32.0 Å². The topological polar surface area (TPSA) is 80.2 Å². The van der Waals surface area contributed by atoms with Gasteiger partial charge >= 0.3 is 0 Å². The summed E-state index contributed by atoms with van der Waals surface area (Å²) >= 11 is 0. The predicted molar refractivity (Wildman–Crippen MR) is 94.0 cm³/mol. The van der Waals surface area contributed by atoms with Crippen molar-refractivity contribution in [3.63, 3.8) is 0 Å². The molecule has 24 heavy (non-hydrogen) atoms. The molecule has 0 saturated carbocycles. The standard InChI is InChI=1S/C18H20N4O2/c1-18(2,24-3)11-20-17-14-10-19-9-8-12(14)16(21-22-17)13-6-4-5-7-15(13)23/h4-10,23H,11H2,1-3H3,(H,20,22). The first-order chi connectivity index (χ1) is 11.5. The molecule has 0 amide bonds. The average Bonchev–Trinajstić information content (AvgIpc) is 2.60. The molecular formula is C18H20N4O2. The smallest absolute Gasteiger partial charge is 0.158 e. The second-order valence-electron chi connectivity index (χ2n) is 6.15. The zero-order chi connectivity index (χ0) is 17.2. The van der Waals surface area contributed by atoms with E-state index in [-0.39, 0.29) is 11.4 Å². The van der Waals surface area contributed by atoms with Crippen LogP contribution in [-0.2, 0) is 4.74 Å². The fourth-order valence-electron chi connectivity index (χ4n) is 2.37. The van der Waals surface area contributed by atoms with Gasteiger partial charge in [0.25, 0.3) is 0 Å². The Bertz CT molecular complexity index is 865. The number of phenolic OH excluding ortho intramolecular Hbond substituents is 1. The van der Waals surface area contributed by atoms with Gasteiger partial charge in [-0.15, -0.1) is 10.2 Å². The van der Waals surface area contributed by atoms with Gasteiger partial charge in [0.2, 0.25) is 0 Å². The summed E-state index contributed by atoms with van der Waals surface area (Å²) in [7, 11) is 1.67. The molecule has 0 saturated heterocycles. The highest BCUT2D eigenvalue weighted by Gasteiger charge is 2.18. The van der Waals surface area contributed by atoms with E-state index in [0.717, 1.165) is 10.8 Å². The molecular weight excluding hydrogens is 304 g/mol. The molecule has 0 unspecified atom stereocenters. The SMILES string of the molecule is COC(C)(C)CNc1nnc(-c2ccccc2O)c2ccncc12. The minimum absolute atomic E-state index is 0.172. The maximum absolute atomic E-state index is 10.1. The maximum Gasteiger partial charge on any atom is 0.158 e. The van der Waals surface area contributed by atoms with Crippen molar-refractivity contribution in [2.45, 2.75) is 19.4 Å². The van der Waals surface area contributed by atoms with Crippen LogP contribution >= 0.6 is 0 Å². The second kappa shape index (κ2) is 6.41. The van der Waals surface area contributed by atoms with E-state index in [2.05, 4.69) is 20.5 Å². The van der Waals surface area contributed by atoms with Crippen LogP contribution in [0.2, 0.25) is 0 Å². The van der Waals surface area contributed by atoms with Gasteiger partial charge in [-0.25, -0.2) is 0 Å². The number of ether oxygens (including phenoxy) is 1. The van der Waals surface area contributed by atoms with Crippen LogP contribution in [0.1, 0.15) is 13.8 Å². The van der Waals surface area contributed by atoms with Gasteiger partial charge in [-0.2, -0.15) is 0 Å². The van der Waals surface area contributed by atoms with Gasteiger partial charge in [0.05, 0.1) is 5.60 Å². The number of nitrogens with zero attached hydrogens (tertiary/aromatic N) is 3. The number of phenols is 1. The third kappa shape index (κ3) is 3.14. The lowest BCUT2D eigenvalue weighted by molar-refractivity contribution is 0.0343. The van der Waals surface area contributed by atoms with E-state index >= 15 is 0 Å². The summed E-state index contributed by atoms with van der Waals surface area (Å²) < 4.78 is 5.42. The lowest BCUT2D eigenvalue weighted by atomic mass is 10.0. The number of anilines is 1. The summed E-state index contributed by atoms with van der Waals surface area (Å²) in [6, 6.07) is 8.96. The Kier molecular flexibility index (Phi) is 4.31. The maximum atomic E-state index is 10.1. The molecule has 6 heteroatoms. The van der Waals surface area contributed by atoms with Crippen molar-refractivity contribution in [3.8, 4) is 17.0 Å². The molecule has 0 aliphatic rings. The van der Waals surface area contributed by atoms with Gasteiger partial charge in [-0.1, -0.05) is 12.1 Å². The van der Waals surface area contributed by atoms with Gasteiger partial charge in [0, 0.05) is 42.4 Å². The third-order valence-electron chi connectivity index (χ3n) is 3.97. The Morgan fingerprint density at radius 1 is 1.12 bits per heavy atom. The van der Waals surface area contributed by atoms with Gasteiger partial charge in [-0.3, -0.25) is 4.98 Å². The van der Waals surface area contributed by atoms with E-state index in [0.29, 0.717) is 23.6 Å². The molecule has 0 bridgehead atoms. The summed E-state index contributed by atoms with van der Waals surface area (Å²) in [6.45, 7) is 4.56. The van der Waals surface area contributed by atoms with Crippen molar-refractivity contribution in [1.82, 2.24) is 15.2 Å². The highest BCUT2D eigenvalue weighted by Crippen LogP contribution is 2.33. The van der Waals surface area contributed by atoms with Crippen molar-refractivity contribution in [2.24, 2.45) is 0 Å². The van der Waals surface area contributed by atoms with Gasteiger partial charge < -0.3 is 15.2 Å². The molecule has 0 fully saturated rings. The number of rotatable bonds is 5. The average molecular weight is 324 g/mol. The Morgan fingerprint density at radius 3 is 2.67 bits per heavy atom. The molecule has 0 atom stereocenters. The van der Waals surface area contributed by atoms with Crippen LogP contribution in [0.5, 0.6) is 5.75 Å². The van der Waals surface area contributed by atoms with E-state index in [1.54, 1.807) is 31.6 Å². The number of nitrogens with one attached hydrogen (secondary N) is 1. The highest BCUT2D eigenvalue weighted by atomic mass is 16.5. The van der Waals surface area contributed by atoms with Gasteiger partial charge in [-0.05, 0) is 32.0 Å². The molecule has 2 aromatic heterocycles. The number of pyridine rings is 1. The molecule has 0 radical (unpaired) electrons. The molecule has 6 nitrogen and oxygen atoms in total. The van der Waals surface area contributed by atoms with Gasteiger partial charge in [0.15, 0.2) is 5.82 Å². The summed E-state index contributed by atoms with van der Waals surface area (Å²) in [4.78, 5) is 4.19. The number of fused-ring (bicyclic) bond motifs is 1. The van der Waals surface area contributed by atoms with Gasteiger partial charge in [0.1, 0.15) is 11.4 Å². The molecule has 1 aromatic carbocycles. The third-order valence-corrected chi connectivity index (χ3v) is 3.97. The minimum Gasteiger partial charge on any atom is -0.507 e. The molecule has 0 aliphatic heterocycles. The number of para-hydroxylation sites is 1. The molecule has 3 aromatic rings. The lowest BCUT2D eigenvalue weighted by Crippen LogP contribution is -2.32. The van der Waals surface area contributed by atoms with Crippen molar-refractivity contribution < 1.29 is 9.84 Å². The van der Waals surface area contributed by atoms with E-state index in [1.165, 1.54) is 0 Å². The molecule has 124 valence electrons. The summed E-state index contributed by atoms with van der Waals surface area (Å²) in [5, 5.41) is 23.7. The normalized spacial score (nSPS) is 11.6. The van der Waals surface area contributed by atoms with Crippen LogP contribution in [-0.4, -0.2) is 39.5 Å². The largest absolute Gasteiger partial charge is 0.507 e. The Hall–Kier alpha value is -2.73. The Morgan fingerprint density at radius 2 is 1.92 bits per heavy atom. The number of benzene rings is 1. The van der Waals surface area contributed by atoms with Crippen molar-refractivity contribution in [1.29, 1.82) is 0 Å². The first-order valence-electron chi connectivity index (χ1n) is 7.69. The van der Waals surface area contributed by atoms with E-state index in [9.17, 15) is 5.11 Å². The van der Waals surface area contributed by atoms with Crippen LogP contribution in [0.4, 0.5) is 5.82 Å².